The zero-order valence-corrected chi connectivity index (χ0v) is 46.4. The Morgan fingerprint density at radius 1 is 0.708 bits per heavy atom. The number of imidazole rings is 2. The van der Waals surface area contributed by atoms with Gasteiger partial charge in [0.2, 0.25) is 18.0 Å². The van der Waals surface area contributed by atoms with Crippen LogP contribution in [0.2, 0.25) is 0 Å². The van der Waals surface area contributed by atoms with Crippen LogP contribution in [-0.4, -0.2) is 97.7 Å². The number of amides is 4. The van der Waals surface area contributed by atoms with E-state index in [1.165, 1.54) is 31.9 Å². The number of nitrogens with zero attached hydrogens (tertiary/aromatic N) is 5. The summed E-state index contributed by atoms with van der Waals surface area (Å²) in [6.07, 6.45) is 7.61. The zero-order valence-electron chi connectivity index (χ0n) is 41.6. The molecule has 16 nitrogen and oxygen atoms in total. The van der Waals surface area contributed by atoms with Gasteiger partial charge in [0.1, 0.15) is 29.5 Å². The van der Waals surface area contributed by atoms with Gasteiger partial charge in [0.05, 0.1) is 66.2 Å². The fraction of sp³-hybridized carbons (Fsp3) is 0.451. The molecule has 0 spiro atoms. The van der Waals surface area contributed by atoms with Crippen LogP contribution < -0.4 is 15.4 Å². The Morgan fingerprint density at radius 2 is 1.22 bits per heavy atom. The van der Waals surface area contributed by atoms with Crippen molar-refractivity contribution in [2.45, 2.75) is 109 Å². The van der Waals surface area contributed by atoms with Gasteiger partial charge < -0.3 is 44.6 Å². The van der Waals surface area contributed by atoms with Gasteiger partial charge in [-0.3, -0.25) is 14.2 Å². The first-order chi connectivity index (χ1) is 32.8. The summed E-state index contributed by atoms with van der Waals surface area (Å²) in [5.74, 6) is 2.25. The maximum absolute atomic E-state index is 13.9. The summed E-state index contributed by atoms with van der Waals surface area (Å²) in [7, 11) is 2.59. The van der Waals surface area contributed by atoms with E-state index in [0.29, 0.717) is 30.7 Å². The minimum atomic E-state index is -0.717. The molecular weight excluding hydrogens is 1010 g/mol. The lowest BCUT2D eigenvalue weighted by Gasteiger charge is -2.30. The molecule has 2 saturated heterocycles. The third kappa shape index (κ3) is 10.5. The van der Waals surface area contributed by atoms with Crippen molar-refractivity contribution >= 4 is 100 Å². The number of thiophene rings is 1. The molecule has 0 radical (unpaired) electrons. The Morgan fingerprint density at radius 3 is 1.74 bits per heavy atom. The molecule has 4 aromatic heterocycles. The molecule has 2 aromatic carbocycles. The molecule has 72 heavy (non-hydrogen) atoms. The van der Waals surface area contributed by atoms with Crippen molar-refractivity contribution in [1.82, 2.24) is 44.9 Å². The van der Waals surface area contributed by atoms with Crippen molar-refractivity contribution in [1.29, 1.82) is 0 Å². The number of alkyl carbamates (subject to hydrolysis) is 2. The fourth-order valence-electron chi connectivity index (χ4n) is 10.3. The van der Waals surface area contributed by atoms with E-state index in [9.17, 15) is 19.2 Å². The van der Waals surface area contributed by atoms with Gasteiger partial charge >= 0.3 is 12.2 Å². The smallest absolute Gasteiger partial charge is 0.407 e. The van der Waals surface area contributed by atoms with Crippen molar-refractivity contribution in [2.75, 3.05) is 27.3 Å². The van der Waals surface area contributed by atoms with E-state index >= 15 is 0 Å². The van der Waals surface area contributed by atoms with Crippen molar-refractivity contribution in [3.05, 3.63) is 87.9 Å². The Bertz CT molecular complexity index is 2930. The Labute approximate surface area is 451 Å². The van der Waals surface area contributed by atoms with Crippen molar-refractivity contribution in [3.63, 3.8) is 0 Å². The summed E-state index contributed by atoms with van der Waals surface area (Å²) in [5.41, 5.74) is 7.82. The summed E-state index contributed by atoms with van der Waals surface area (Å²) < 4.78 is 19.1. The fourth-order valence-corrected chi connectivity index (χ4v) is 11.5. The van der Waals surface area contributed by atoms with E-state index in [0.717, 1.165) is 86.5 Å². The number of likely N-dealkylation sites (tertiary alicyclic amines) is 2. The summed E-state index contributed by atoms with van der Waals surface area (Å²) in [5, 5.41) is 6.56. The van der Waals surface area contributed by atoms with Crippen LogP contribution in [0.4, 0.5) is 9.59 Å². The number of aryl methyl sites for hydroxylation is 1. The molecule has 4 amide bonds. The first-order valence-corrected chi connectivity index (χ1v) is 24.6. The molecule has 6 aromatic rings. The van der Waals surface area contributed by atoms with Crippen LogP contribution in [0.5, 0.6) is 5.75 Å². The summed E-state index contributed by atoms with van der Waals surface area (Å²) in [6.45, 7) is 11.0. The Balaban J connectivity index is 0.00000212. The molecule has 1 aliphatic carbocycles. The quantitative estimate of drug-likeness (QED) is 0.0925. The number of hydrogen-bond donors (Lipinski definition) is 4. The molecule has 3 aliphatic heterocycles. The van der Waals surface area contributed by atoms with Crippen LogP contribution in [0.25, 0.3) is 44.7 Å². The number of H-pyrrole nitrogens is 2. The van der Waals surface area contributed by atoms with E-state index < -0.39 is 30.5 Å². The van der Waals surface area contributed by atoms with Gasteiger partial charge in [0.25, 0.3) is 0 Å². The van der Waals surface area contributed by atoms with Gasteiger partial charge in [-0.15, -0.1) is 11.3 Å². The first kappa shape index (κ1) is 56.1. The number of methoxy groups -OCH3 is 2. The minimum absolute atomic E-state index is 0. The van der Waals surface area contributed by atoms with E-state index in [4.69, 9.17) is 24.2 Å². The molecule has 5 atom stereocenters. The highest BCUT2D eigenvalue weighted by molar-refractivity contribution is 7.59. The van der Waals surface area contributed by atoms with Gasteiger partial charge in [0, 0.05) is 40.0 Å². The van der Waals surface area contributed by atoms with Crippen LogP contribution in [0.3, 0.4) is 0 Å². The lowest BCUT2D eigenvalue weighted by Crippen LogP contribution is -2.51. The summed E-state index contributed by atoms with van der Waals surface area (Å²) in [6, 6.07) is 15.4. The molecule has 1 unspecified atom stereocenters. The van der Waals surface area contributed by atoms with E-state index in [2.05, 4.69) is 80.6 Å². The SMILES string of the molecule is COC(=O)N[C@H](C(=O)N1CCC[C@H]1c1ncc(-c2ccc3c(c2)OC(c2ccc(C4CC4)s2)n2c-3c(C)c3cc(-c4cnc([C@@H]5CCCN5C(=O)[C@@H](NC(=O)OC)C(C)C)[nH]4)ccc32)[nH]1)C(C)C.S.S.S.S. The predicted octanol–water partition coefficient (Wildman–Crippen LogP) is 9.81. The molecule has 0 bridgehead atoms. The van der Waals surface area contributed by atoms with Crippen LogP contribution >= 0.6 is 65.3 Å². The average molecular weight is 1080 g/mol. The average Bonchev–Trinajstić information content (AvgIpc) is 4.05. The molecule has 7 heterocycles. The molecule has 21 heteroatoms. The summed E-state index contributed by atoms with van der Waals surface area (Å²) in [4.78, 5) is 74.9. The molecule has 1 saturated carbocycles. The molecule has 4 aliphatic rings. The summed E-state index contributed by atoms with van der Waals surface area (Å²) >= 11 is 1.83. The Hall–Kier alpha value is -5.22. The third-order valence-corrected chi connectivity index (χ3v) is 15.4. The van der Waals surface area contributed by atoms with Crippen LogP contribution in [0.1, 0.15) is 117 Å². The lowest BCUT2D eigenvalue weighted by atomic mass is 10.0. The van der Waals surface area contributed by atoms with E-state index in [-0.39, 0.29) is 89.7 Å². The van der Waals surface area contributed by atoms with Crippen LogP contribution in [-0.2, 0) is 19.1 Å². The highest BCUT2D eigenvalue weighted by Gasteiger charge is 2.40. The first-order valence-electron chi connectivity index (χ1n) is 23.8. The van der Waals surface area contributed by atoms with Gasteiger partial charge in [-0.05, 0) is 105 Å². The van der Waals surface area contributed by atoms with E-state index in [1.807, 2.05) is 61.2 Å². The van der Waals surface area contributed by atoms with Crippen LogP contribution in [0.15, 0.2) is 60.9 Å². The maximum atomic E-state index is 13.9. The number of rotatable bonds is 12. The van der Waals surface area contributed by atoms with Gasteiger partial charge in [-0.1, -0.05) is 39.8 Å². The second kappa shape index (κ2) is 22.9. The lowest BCUT2D eigenvalue weighted by molar-refractivity contribution is -0.136. The largest absolute Gasteiger partial charge is 0.464 e. The maximum Gasteiger partial charge on any atom is 0.407 e. The second-order valence-electron chi connectivity index (χ2n) is 19.2. The highest BCUT2D eigenvalue weighted by Crippen LogP contribution is 2.51. The number of benzene rings is 2. The minimum Gasteiger partial charge on any atom is -0.464 e. The molecule has 10 rings (SSSR count). The number of aromatic amines is 2. The predicted molar refractivity (Wildman–Crippen MR) is 300 cm³/mol. The van der Waals surface area contributed by atoms with Gasteiger partial charge in [-0.2, -0.15) is 54.0 Å². The standard InChI is InChI=1S/C51H59N9O7S.4H2S/c1-26(2)42(56-50(63)65-6)47(61)58-20-8-10-37(58)45-52-24-34(54-45)30-15-17-36-33(22-30)28(5)44-32-16-14-31(23-39(32)67-49(60(36)44)41-19-18-40(68-41)29-12-13-29)35-25-53-46(55-35)38-11-9-21-59(38)48(62)43(27(3)4)57-51(64)66-7;;;;/h14-19,22-27,29,37-38,42-43,49H,8-13,20-21H2,1-7H3,(H,52,54)(H,53,55)(H,56,63)(H,57,64);4*1H2/t37-,38-,42-,43-,49?;;;;/m0..../s1. The van der Waals surface area contributed by atoms with E-state index in [1.54, 1.807) is 0 Å². The van der Waals surface area contributed by atoms with Crippen molar-refractivity contribution in [2.24, 2.45) is 11.8 Å². The number of carbonyl (C=O) groups is 4. The van der Waals surface area contributed by atoms with Gasteiger partial charge in [0.15, 0.2) is 0 Å². The third-order valence-electron chi connectivity index (χ3n) is 14.1. The van der Waals surface area contributed by atoms with Crippen molar-refractivity contribution in [3.8, 4) is 39.5 Å². The number of ether oxygens (including phenoxy) is 3. The van der Waals surface area contributed by atoms with Gasteiger partial charge in [-0.25, -0.2) is 19.6 Å². The number of carbonyl (C=O) groups excluding carboxylic acids is 4. The Kier molecular flexibility index (Phi) is 17.8. The molecule has 3 fully saturated rings. The normalized spacial score (nSPS) is 18.7. The number of hydrogen-bond acceptors (Lipinski definition) is 10. The molecule has 388 valence electrons. The molecular formula is C51H67N9O7S5. The highest BCUT2D eigenvalue weighted by atomic mass is 32.1. The topological polar surface area (TPSA) is 189 Å². The number of nitrogens with one attached hydrogen (secondary N) is 4. The molecule has 4 N–H and O–H groups in total. The van der Waals surface area contributed by atoms with Crippen molar-refractivity contribution < 1.29 is 33.4 Å². The zero-order chi connectivity index (χ0) is 47.5. The monoisotopic (exact) mass is 1080 g/mol. The van der Waals surface area contributed by atoms with Crippen LogP contribution in [0, 0.1) is 18.8 Å². The number of aromatic nitrogens is 5. The number of fused-ring (bicyclic) bond motifs is 5. The second-order valence-corrected chi connectivity index (χ2v) is 20.4.